The van der Waals surface area contributed by atoms with E-state index >= 15 is 0 Å². The zero-order valence-electron chi connectivity index (χ0n) is 4.31. The molecular weight excluding hydrogens is 88.1 g/mol. The summed E-state index contributed by atoms with van der Waals surface area (Å²) in [7, 11) is 1.63. The quantitative estimate of drug-likeness (QED) is 0.496. The molecule has 0 aromatic rings. The summed E-state index contributed by atoms with van der Waals surface area (Å²) in [5.41, 5.74) is 0.611. The van der Waals surface area contributed by atoms with Crippen LogP contribution in [0.2, 0.25) is 0 Å². The summed E-state index contributed by atoms with van der Waals surface area (Å²) in [6.45, 7) is 3.42. The highest BCUT2D eigenvalue weighted by molar-refractivity contribution is 6.34. The van der Waals surface area contributed by atoms with Gasteiger partial charge in [0.05, 0.1) is 5.71 Å². The van der Waals surface area contributed by atoms with Crippen LogP contribution in [0, 0.1) is 5.41 Å². The van der Waals surface area contributed by atoms with Crippen molar-refractivity contribution in [3.8, 4) is 0 Å². The first kappa shape index (κ1) is 6.08. The number of hydrogen-bond donors (Lipinski definition) is 1. The Balaban J connectivity index is 3.85. The molecule has 2 heteroatoms. The standard InChI is InChI=1S/C5H8N2/c1-3-5(4-6)7-2/h3-4,6H,1H2,2H3. The van der Waals surface area contributed by atoms with Gasteiger partial charge in [-0.25, -0.2) is 0 Å². The second-order valence-corrected chi connectivity index (χ2v) is 0.997. The van der Waals surface area contributed by atoms with Crippen LogP contribution in [-0.2, 0) is 0 Å². The Morgan fingerprint density at radius 2 is 2.43 bits per heavy atom. The van der Waals surface area contributed by atoms with Gasteiger partial charge in [0.1, 0.15) is 0 Å². The van der Waals surface area contributed by atoms with Crippen LogP contribution in [0.5, 0.6) is 0 Å². The van der Waals surface area contributed by atoms with E-state index in [0.29, 0.717) is 5.71 Å². The first-order chi connectivity index (χ1) is 3.35. The highest BCUT2D eigenvalue weighted by Gasteiger charge is 1.76. The average molecular weight is 96.1 g/mol. The molecular formula is C5H8N2. The Morgan fingerprint density at radius 1 is 1.86 bits per heavy atom. The molecule has 0 amide bonds. The number of allylic oxidation sites excluding steroid dienone is 1. The lowest BCUT2D eigenvalue weighted by Gasteiger charge is -1.80. The van der Waals surface area contributed by atoms with Crippen LogP contribution in [0.25, 0.3) is 0 Å². The topological polar surface area (TPSA) is 36.2 Å². The number of aliphatic imine (C=N–C) groups is 1. The molecule has 0 aliphatic rings. The summed E-state index contributed by atoms with van der Waals surface area (Å²) < 4.78 is 0. The van der Waals surface area contributed by atoms with E-state index in [1.807, 2.05) is 0 Å². The molecule has 0 unspecified atom stereocenters. The van der Waals surface area contributed by atoms with Gasteiger partial charge in [0.15, 0.2) is 0 Å². The smallest absolute Gasteiger partial charge is 0.0740 e. The van der Waals surface area contributed by atoms with Gasteiger partial charge < -0.3 is 5.41 Å². The summed E-state index contributed by atoms with van der Waals surface area (Å²) >= 11 is 0. The van der Waals surface area contributed by atoms with Crippen LogP contribution >= 0.6 is 0 Å². The minimum Gasteiger partial charge on any atom is -0.307 e. The van der Waals surface area contributed by atoms with Gasteiger partial charge >= 0.3 is 0 Å². The minimum atomic E-state index is 0.611. The van der Waals surface area contributed by atoms with E-state index in [4.69, 9.17) is 5.41 Å². The predicted octanol–water partition coefficient (Wildman–Crippen LogP) is 0.893. The fraction of sp³-hybridized carbons (Fsp3) is 0.200. The van der Waals surface area contributed by atoms with Crippen LogP contribution < -0.4 is 0 Å². The van der Waals surface area contributed by atoms with Gasteiger partial charge in [0.25, 0.3) is 0 Å². The summed E-state index contributed by atoms with van der Waals surface area (Å²) in [6.07, 6.45) is 2.69. The van der Waals surface area contributed by atoms with Crippen LogP contribution in [0.4, 0.5) is 0 Å². The molecule has 7 heavy (non-hydrogen) atoms. The minimum absolute atomic E-state index is 0.611. The Kier molecular flexibility index (Phi) is 2.85. The second-order valence-electron chi connectivity index (χ2n) is 0.997. The zero-order chi connectivity index (χ0) is 5.70. The SMILES string of the molecule is C=CC(C=N)=NC. The summed E-state index contributed by atoms with van der Waals surface area (Å²) in [6, 6.07) is 0. The Bertz CT molecular complexity index is 92.6. The molecule has 0 radical (unpaired) electrons. The summed E-state index contributed by atoms with van der Waals surface area (Å²) in [5.74, 6) is 0. The van der Waals surface area contributed by atoms with E-state index < -0.39 is 0 Å². The molecule has 0 aliphatic heterocycles. The monoisotopic (exact) mass is 96.1 g/mol. The molecule has 0 heterocycles. The van der Waals surface area contributed by atoms with Gasteiger partial charge in [0, 0.05) is 13.3 Å². The van der Waals surface area contributed by atoms with Gasteiger partial charge in [-0.15, -0.1) is 0 Å². The average Bonchev–Trinajstić information content (AvgIpc) is 1.72. The molecule has 0 atom stereocenters. The van der Waals surface area contributed by atoms with E-state index in [9.17, 15) is 0 Å². The van der Waals surface area contributed by atoms with Crippen molar-refractivity contribution in [2.24, 2.45) is 4.99 Å². The maximum atomic E-state index is 6.63. The highest BCUT2D eigenvalue weighted by Crippen LogP contribution is 1.68. The van der Waals surface area contributed by atoms with Crippen molar-refractivity contribution in [2.45, 2.75) is 0 Å². The van der Waals surface area contributed by atoms with Gasteiger partial charge in [-0.05, 0) is 6.08 Å². The molecule has 1 N–H and O–H groups in total. The maximum absolute atomic E-state index is 6.63. The van der Waals surface area contributed by atoms with Crippen LogP contribution in [0.15, 0.2) is 17.6 Å². The number of nitrogens with zero attached hydrogens (tertiary/aromatic N) is 1. The fourth-order valence-corrected chi connectivity index (χ4v) is 0.215. The van der Waals surface area contributed by atoms with Crippen LogP contribution in [-0.4, -0.2) is 19.0 Å². The molecule has 0 aliphatic carbocycles. The van der Waals surface area contributed by atoms with Gasteiger partial charge in [-0.1, -0.05) is 6.58 Å². The Morgan fingerprint density at radius 3 is 2.43 bits per heavy atom. The first-order valence-corrected chi connectivity index (χ1v) is 1.95. The largest absolute Gasteiger partial charge is 0.307 e. The van der Waals surface area contributed by atoms with Crippen molar-refractivity contribution in [2.75, 3.05) is 7.05 Å². The second kappa shape index (κ2) is 3.28. The third kappa shape index (κ3) is 1.87. The summed E-state index contributed by atoms with van der Waals surface area (Å²) in [5, 5.41) is 6.63. The van der Waals surface area contributed by atoms with E-state index in [-0.39, 0.29) is 0 Å². The van der Waals surface area contributed by atoms with E-state index in [1.165, 1.54) is 6.08 Å². The van der Waals surface area contributed by atoms with Crippen molar-refractivity contribution in [3.05, 3.63) is 12.7 Å². The van der Waals surface area contributed by atoms with E-state index in [1.54, 1.807) is 7.05 Å². The molecule has 0 saturated carbocycles. The van der Waals surface area contributed by atoms with Crippen LogP contribution in [0.3, 0.4) is 0 Å². The van der Waals surface area contributed by atoms with Crippen molar-refractivity contribution < 1.29 is 0 Å². The third-order valence-electron chi connectivity index (χ3n) is 0.615. The zero-order valence-corrected chi connectivity index (χ0v) is 4.31. The lowest BCUT2D eigenvalue weighted by Crippen LogP contribution is -1.90. The Labute approximate surface area is 43.1 Å². The lowest BCUT2D eigenvalue weighted by atomic mass is 10.4. The molecule has 0 saturated heterocycles. The molecule has 38 valence electrons. The van der Waals surface area contributed by atoms with E-state index in [0.717, 1.165) is 6.21 Å². The Hall–Kier alpha value is -0.920. The van der Waals surface area contributed by atoms with Crippen molar-refractivity contribution in [3.63, 3.8) is 0 Å². The molecule has 0 aromatic carbocycles. The van der Waals surface area contributed by atoms with Gasteiger partial charge in [-0.3, -0.25) is 4.99 Å². The van der Waals surface area contributed by atoms with Gasteiger partial charge in [0.2, 0.25) is 0 Å². The maximum Gasteiger partial charge on any atom is 0.0740 e. The van der Waals surface area contributed by atoms with E-state index in [2.05, 4.69) is 11.6 Å². The highest BCUT2D eigenvalue weighted by atomic mass is 14.7. The summed E-state index contributed by atoms with van der Waals surface area (Å²) in [4.78, 5) is 3.68. The first-order valence-electron chi connectivity index (χ1n) is 1.95. The van der Waals surface area contributed by atoms with Gasteiger partial charge in [-0.2, -0.15) is 0 Å². The molecule has 0 spiro atoms. The third-order valence-corrected chi connectivity index (χ3v) is 0.615. The number of hydrogen-bond acceptors (Lipinski definition) is 2. The molecule has 0 fully saturated rings. The molecule has 0 rings (SSSR count). The fourth-order valence-electron chi connectivity index (χ4n) is 0.215. The number of nitrogens with one attached hydrogen (secondary N) is 1. The molecule has 0 bridgehead atoms. The lowest BCUT2D eigenvalue weighted by molar-refractivity contribution is 1.46. The van der Waals surface area contributed by atoms with Crippen LogP contribution in [0.1, 0.15) is 0 Å². The van der Waals surface area contributed by atoms with Crippen molar-refractivity contribution in [1.82, 2.24) is 0 Å². The molecule has 2 nitrogen and oxygen atoms in total. The normalized spacial score (nSPS) is 10.7. The predicted molar refractivity (Wildman–Crippen MR) is 32.3 cm³/mol. The number of rotatable bonds is 2. The molecule has 0 aromatic heterocycles. The van der Waals surface area contributed by atoms with Crippen molar-refractivity contribution >= 4 is 11.9 Å². The van der Waals surface area contributed by atoms with Crippen molar-refractivity contribution in [1.29, 1.82) is 5.41 Å².